The highest BCUT2D eigenvalue weighted by Gasteiger charge is 2.38. The summed E-state index contributed by atoms with van der Waals surface area (Å²) in [6.45, 7) is 15.0. The lowest BCUT2D eigenvalue weighted by molar-refractivity contribution is -0.127. The fraction of sp³-hybridized carbons (Fsp3) is 0.382. The molecule has 4 rings (SSSR count). The second-order valence-electron chi connectivity index (χ2n) is 12.3. The van der Waals surface area contributed by atoms with E-state index in [9.17, 15) is 13.6 Å². The predicted octanol–water partition coefficient (Wildman–Crippen LogP) is 7.31. The first-order valence-corrected chi connectivity index (χ1v) is 17.4. The summed E-state index contributed by atoms with van der Waals surface area (Å²) in [4.78, 5) is 17.0. The van der Waals surface area contributed by atoms with Gasteiger partial charge < -0.3 is 14.1 Å². The molecule has 1 fully saturated rings. The SMILES string of the molecule is CC(C)(C)[Si](C)(C)Oc1ccc(/C=C/C(=O)N2CCN(CCOC(c3ccc(F)cc3)c3ccc(F)cc3)CC2)cc1. The third kappa shape index (κ3) is 8.60. The van der Waals surface area contributed by atoms with E-state index >= 15 is 0 Å². The molecule has 0 N–H and O–H groups in total. The van der Waals surface area contributed by atoms with Crippen molar-refractivity contribution in [2.75, 3.05) is 39.3 Å². The summed E-state index contributed by atoms with van der Waals surface area (Å²) in [5.74, 6) is 0.235. The van der Waals surface area contributed by atoms with Crippen LogP contribution in [0.15, 0.2) is 78.9 Å². The average molecular weight is 593 g/mol. The fourth-order valence-corrected chi connectivity index (χ4v) is 5.55. The van der Waals surface area contributed by atoms with Crippen LogP contribution in [0.3, 0.4) is 0 Å². The van der Waals surface area contributed by atoms with Gasteiger partial charge in [0.1, 0.15) is 23.5 Å². The van der Waals surface area contributed by atoms with Crippen LogP contribution in [-0.4, -0.2) is 63.4 Å². The number of carbonyl (C=O) groups excluding carboxylic acids is 1. The van der Waals surface area contributed by atoms with Crippen LogP contribution in [-0.2, 0) is 9.53 Å². The molecule has 0 aliphatic carbocycles. The van der Waals surface area contributed by atoms with Crippen LogP contribution in [0.4, 0.5) is 8.78 Å². The lowest BCUT2D eigenvalue weighted by Gasteiger charge is -2.36. The first kappa shape index (κ1) is 31.6. The Morgan fingerprint density at radius 2 is 1.38 bits per heavy atom. The monoisotopic (exact) mass is 592 g/mol. The molecule has 0 saturated carbocycles. The van der Waals surface area contributed by atoms with Gasteiger partial charge in [0.15, 0.2) is 0 Å². The van der Waals surface area contributed by atoms with Gasteiger partial charge in [-0.25, -0.2) is 8.78 Å². The summed E-state index contributed by atoms with van der Waals surface area (Å²) >= 11 is 0. The molecule has 5 nitrogen and oxygen atoms in total. The van der Waals surface area contributed by atoms with Crippen LogP contribution < -0.4 is 4.43 Å². The number of amides is 1. The summed E-state index contributed by atoms with van der Waals surface area (Å²) in [6, 6.07) is 20.3. The van der Waals surface area contributed by atoms with E-state index in [4.69, 9.17) is 9.16 Å². The number of hydrogen-bond acceptors (Lipinski definition) is 4. The van der Waals surface area contributed by atoms with E-state index in [1.54, 1.807) is 30.3 Å². The molecule has 3 aromatic rings. The van der Waals surface area contributed by atoms with E-state index < -0.39 is 14.4 Å². The van der Waals surface area contributed by atoms with Gasteiger partial charge in [-0.3, -0.25) is 9.69 Å². The zero-order valence-corrected chi connectivity index (χ0v) is 26.3. The Morgan fingerprint density at radius 3 is 1.88 bits per heavy atom. The van der Waals surface area contributed by atoms with E-state index in [0.29, 0.717) is 26.2 Å². The molecule has 1 aliphatic rings. The number of ether oxygens (including phenoxy) is 1. The second kappa shape index (κ2) is 13.8. The first-order valence-electron chi connectivity index (χ1n) is 14.5. The molecule has 0 atom stereocenters. The summed E-state index contributed by atoms with van der Waals surface area (Å²) in [7, 11) is -1.89. The number of rotatable bonds is 10. The molecule has 3 aromatic carbocycles. The highest BCUT2D eigenvalue weighted by atomic mass is 28.4. The smallest absolute Gasteiger partial charge is 0.250 e. The van der Waals surface area contributed by atoms with Gasteiger partial charge in [0.25, 0.3) is 0 Å². The third-order valence-corrected chi connectivity index (χ3v) is 12.6. The molecular formula is C34H42F2N2O3Si. The zero-order chi connectivity index (χ0) is 30.3. The summed E-state index contributed by atoms with van der Waals surface area (Å²) < 4.78 is 39.5. The van der Waals surface area contributed by atoms with E-state index in [-0.39, 0.29) is 22.6 Å². The van der Waals surface area contributed by atoms with E-state index in [1.807, 2.05) is 35.2 Å². The second-order valence-corrected chi connectivity index (χ2v) is 17.0. The van der Waals surface area contributed by atoms with E-state index in [0.717, 1.165) is 35.5 Å². The molecular weight excluding hydrogens is 550 g/mol. The van der Waals surface area contributed by atoms with Crippen molar-refractivity contribution in [3.63, 3.8) is 0 Å². The highest BCUT2D eigenvalue weighted by Crippen LogP contribution is 2.37. The van der Waals surface area contributed by atoms with Crippen molar-refractivity contribution in [2.24, 2.45) is 0 Å². The normalized spacial score (nSPS) is 15.0. The van der Waals surface area contributed by atoms with Gasteiger partial charge >= 0.3 is 0 Å². The molecule has 0 bridgehead atoms. The van der Waals surface area contributed by atoms with Gasteiger partial charge in [-0.2, -0.15) is 0 Å². The summed E-state index contributed by atoms with van der Waals surface area (Å²) in [5, 5.41) is 0.130. The maximum absolute atomic E-state index is 13.5. The maximum atomic E-state index is 13.5. The van der Waals surface area contributed by atoms with Gasteiger partial charge in [0.05, 0.1) is 6.61 Å². The zero-order valence-electron chi connectivity index (χ0n) is 25.3. The largest absolute Gasteiger partial charge is 0.544 e. The Morgan fingerprint density at radius 1 is 0.857 bits per heavy atom. The molecule has 0 spiro atoms. The van der Waals surface area contributed by atoms with Crippen LogP contribution >= 0.6 is 0 Å². The van der Waals surface area contributed by atoms with Crippen molar-refractivity contribution in [3.8, 4) is 5.75 Å². The fourth-order valence-electron chi connectivity index (χ4n) is 4.52. The van der Waals surface area contributed by atoms with Gasteiger partial charge in [-0.15, -0.1) is 0 Å². The molecule has 0 unspecified atom stereocenters. The van der Waals surface area contributed by atoms with Crippen LogP contribution in [0.2, 0.25) is 18.1 Å². The Bertz CT molecular complexity index is 1280. The van der Waals surface area contributed by atoms with Crippen molar-refractivity contribution in [3.05, 3.63) is 107 Å². The predicted molar refractivity (Wildman–Crippen MR) is 167 cm³/mol. The summed E-state index contributed by atoms with van der Waals surface area (Å²) in [5.41, 5.74) is 2.57. The quantitative estimate of drug-likeness (QED) is 0.183. The van der Waals surface area contributed by atoms with Gasteiger partial charge in [-0.1, -0.05) is 57.2 Å². The van der Waals surface area contributed by atoms with Crippen molar-refractivity contribution < 1.29 is 22.7 Å². The minimum atomic E-state index is -1.89. The standard InChI is InChI=1S/C34H42F2N2O3Si/c1-34(2,3)42(4,5)41-31-17-6-26(7-18-31)8-19-32(39)38-22-20-37(21-23-38)24-25-40-33(27-9-13-29(35)14-10-27)28-11-15-30(36)16-12-28/h6-19,33H,20-25H2,1-5H3/b19-8+. The van der Waals surface area contributed by atoms with E-state index in [2.05, 4.69) is 38.8 Å². The van der Waals surface area contributed by atoms with Crippen LogP contribution in [0, 0.1) is 11.6 Å². The van der Waals surface area contributed by atoms with Gasteiger partial charge in [-0.05, 0) is 77.3 Å². The topological polar surface area (TPSA) is 42.0 Å². The Kier molecular flexibility index (Phi) is 10.4. The molecule has 224 valence electrons. The lowest BCUT2D eigenvalue weighted by Crippen LogP contribution is -2.49. The van der Waals surface area contributed by atoms with E-state index in [1.165, 1.54) is 24.3 Å². The van der Waals surface area contributed by atoms with Crippen molar-refractivity contribution >= 4 is 20.3 Å². The molecule has 1 saturated heterocycles. The number of carbonyl (C=O) groups is 1. The number of benzene rings is 3. The molecule has 42 heavy (non-hydrogen) atoms. The highest BCUT2D eigenvalue weighted by molar-refractivity contribution is 6.74. The minimum Gasteiger partial charge on any atom is -0.544 e. The van der Waals surface area contributed by atoms with Gasteiger partial charge in [0.2, 0.25) is 14.2 Å². The number of nitrogens with zero attached hydrogens (tertiary/aromatic N) is 2. The van der Waals surface area contributed by atoms with Crippen LogP contribution in [0.25, 0.3) is 6.08 Å². The summed E-state index contributed by atoms with van der Waals surface area (Å²) in [6.07, 6.45) is 3.06. The van der Waals surface area contributed by atoms with Crippen LogP contribution in [0.5, 0.6) is 5.75 Å². The Balaban J connectivity index is 1.24. The Labute approximate surface area is 249 Å². The number of hydrogen-bond donors (Lipinski definition) is 0. The minimum absolute atomic E-state index is 0.000170. The molecule has 0 aromatic heterocycles. The number of piperazine rings is 1. The van der Waals surface area contributed by atoms with Crippen LogP contribution in [0.1, 0.15) is 43.6 Å². The Hall–Kier alpha value is -3.33. The van der Waals surface area contributed by atoms with Crippen molar-refractivity contribution in [1.29, 1.82) is 0 Å². The lowest BCUT2D eigenvalue weighted by atomic mass is 10.0. The average Bonchev–Trinajstić information content (AvgIpc) is 2.96. The number of halogens is 2. The molecule has 1 amide bonds. The first-order chi connectivity index (χ1) is 19.9. The molecule has 1 heterocycles. The van der Waals surface area contributed by atoms with Gasteiger partial charge in [0, 0.05) is 38.8 Å². The molecule has 1 aliphatic heterocycles. The maximum Gasteiger partial charge on any atom is 0.250 e. The van der Waals surface area contributed by atoms with Crippen molar-refractivity contribution in [1.82, 2.24) is 9.80 Å². The molecule has 8 heteroatoms. The van der Waals surface area contributed by atoms with Crippen molar-refractivity contribution in [2.45, 2.75) is 45.0 Å². The third-order valence-electron chi connectivity index (χ3n) is 8.20. The molecule has 0 radical (unpaired) electrons.